The lowest BCUT2D eigenvalue weighted by atomic mass is 10.2. The van der Waals surface area contributed by atoms with Crippen molar-refractivity contribution in [3.05, 3.63) is 29.8 Å². The maximum absolute atomic E-state index is 12.1. The van der Waals surface area contributed by atoms with Crippen LogP contribution in [0.4, 0.5) is 0 Å². The third kappa shape index (κ3) is 5.39. The van der Waals surface area contributed by atoms with E-state index in [0.717, 1.165) is 51.1 Å². The Balaban J connectivity index is 1.68. The second-order valence-electron chi connectivity index (χ2n) is 5.51. The Kier molecular flexibility index (Phi) is 6.17. The molecule has 118 valence electrons. The van der Waals surface area contributed by atoms with Gasteiger partial charge in [0.25, 0.3) is 0 Å². The summed E-state index contributed by atoms with van der Waals surface area (Å²) in [6.07, 6.45) is 1.89. The van der Waals surface area contributed by atoms with Gasteiger partial charge in [0.05, 0.1) is 4.90 Å². The average Bonchev–Trinajstić information content (AvgIpc) is 2.48. The van der Waals surface area contributed by atoms with E-state index in [1.807, 2.05) is 19.1 Å². The van der Waals surface area contributed by atoms with E-state index in [9.17, 15) is 8.42 Å². The van der Waals surface area contributed by atoms with Crippen molar-refractivity contribution < 1.29 is 8.42 Å². The number of nitrogens with one attached hydrogen (secondary N) is 2. The van der Waals surface area contributed by atoms with Crippen LogP contribution in [0.25, 0.3) is 0 Å². The van der Waals surface area contributed by atoms with E-state index in [1.165, 1.54) is 0 Å². The first-order valence-electron chi connectivity index (χ1n) is 7.57. The van der Waals surface area contributed by atoms with Crippen LogP contribution in [0, 0.1) is 6.92 Å². The molecular weight excluding hydrogens is 286 g/mol. The van der Waals surface area contributed by atoms with Crippen molar-refractivity contribution in [1.82, 2.24) is 14.9 Å². The average molecular weight is 311 g/mol. The van der Waals surface area contributed by atoms with Crippen LogP contribution in [0.15, 0.2) is 29.2 Å². The number of hydrogen-bond donors (Lipinski definition) is 2. The van der Waals surface area contributed by atoms with Gasteiger partial charge in [-0.3, -0.25) is 0 Å². The topological polar surface area (TPSA) is 61.4 Å². The number of piperazine rings is 1. The van der Waals surface area contributed by atoms with E-state index in [1.54, 1.807) is 12.1 Å². The smallest absolute Gasteiger partial charge is 0.240 e. The summed E-state index contributed by atoms with van der Waals surface area (Å²) < 4.78 is 26.8. The monoisotopic (exact) mass is 311 g/mol. The number of aryl methyl sites for hydroxylation is 1. The number of benzene rings is 1. The van der Waals surface area contributed by atoms with Gasteiger partial charge in [0.2, 0.25) is 10.0 Å². The first kappa shape index (κ1) is 16.4. The van der Waals surface area contributed by atoms with Crippen LogP contribution in [0.5, 0.6) is 0 Å². The minimum Gasteiger partial charge on any atom is -0.314 e. The lowest BCUT2D eigenvalue weighted by molar-refractivity contribution is 0.237. The van der Waals surface area contributed by atoms with Crippen LogP contribution in [-0.2, 0) is 10.0 Å². The van der Waals surface area contributed by atoms with Gasteiger partial charge in [-0.2, -0.15) is 0 Å². The number of hydrogen-bond acceptors (Lipinski definition) is 4. The fourth-order valence-corrected chi connectivity index (χ4v) is 3.48. The molecule has 6 heteroatoms. The highest BCUT2D eigenvalue weighted by molar-refractivity contribution is 7.89. The number of rotatable bonds is 7. The molecule has 1 saturated heterocycles. The minimum atomic E-state index is -3.36. The Morgan fingerprint density at radius 3 is 2.48 bits per heavy atom. The summed E-state index contributed by atoms with van der Waals surface area (Å²) in [5, 5.41) is 3.32. The van der Waals surface area contributed by atoms with E-state index < -0.39 is 10.0 Å². The van der Waals surface area contributed by atoms with Crippen molar-refractivity contribution in [2.24, 2.45) is 0 Å². The van der Waals surface area contributed by atoms with Crippen molar-refractivity contribution in [2.45, 2.75) is 24.7 Å². The van der Waals surface area contributed by atoms with Gasteiger partial charge in [0.15, 0.2) is 0 Å². The maximum Gasteiger partial charge on any atom is 0.240 e. The molecule has 1 aliphatic heterocycles. The molecule has 1 heterocycles. The SMILES string of the molecule is Cc1ccc(S(=O)(=O)NCCCCN2CCNCC2)cc1. The normalized spacial score (nSPS) is 17.0. The summed E-state index contributed by atoms with van der Waals surface area (Å²) in [6, 6.07) is 6.94. The molecule has 2 rings (SSSR count). The molecule has 1 fully saturated rings. The molecule has 2 N–H and O–H groups in total. The molecular formula is C15H25N3O2S. The largest absolute Gasteiger partial charge is 0.314 e. The highest BCUT2D eigenvalue weighted by Crippen LogP contribution is 2.09. The summed E-state index contributed by atoms with van der Waals surface area (Å²) >= 11 is 0. The van der Waals surface area contributed by atoms with Crippen molar-refractivity contribution in [3.8, 4) is 0 Å². The molecule has 0 aromatic heterocycles. The zero-order valence-corrected chi connectivity index (χ0v) is 13.5. The highest BCUT2D eigenvalue weighted by atomic mass is 32.2. The van der Waals surface area contributed by atoms with Gasteiger partial charge in [-0.05, 0) is 38.4 Å². The zero-order chi connectivity index (χ0) is 15.1. The Morgan fingerprint density at radius 1 is 1.14 bits per heavy atom. The molecule has 1 aliphatic rings. The van der Waals surface area contributed by atoms with Gasteiger partial charge in [0, 0.05) is 32.7 Å². The summed E-state index contributed by atoms with van der Waals surface area (Å²) in [6.45, 7) is 7.79. The second kappa shape index (κ2) is 7.89. The first-order valence-corrected chi connectivity index (χ1v) is 9.06. The van der Waals surface area contributed by atoms with Gasteiger partial charge in [-0.15, -0.1) is 0 Å². The van der Waals surface area contributed by atoms with Crippen LogP contribution in [0.2, 0.25) is 0 Å². The molecule has 0 unspecified atom stereocenters. The molecule has 0 bridgehead atoms. The van der Waals surface area contributed by atoms with Gasteiger partial charge >= 0.3 is 0 Å². The lowest BCUT2D eigenvalue weighted by Gasteiger charge is -2.27. The molecule has 0 radical (unpaired) electrons. The molecule has 1 aromatic carbocycles. The Labute approximate surface area is 127 Å². The van der Waals surface area contributed by atoms with E-state index in [4.69, 9.17) is 0 Å². The summed E-state index contributed by atoms with van der Waals surface area (Å²) in [5.41, 5.74) is 1.06. The first-order chi connectivity index (χ1) is 10.1. The predicted molar refractivity (Wildman–Crippen MR) is 84.9 cm³/mol. The molecule has 0 atom stereocenters. The number of sulfonamides is 1. The standard InChI is InChI=1S/C15H25N3O2S/c1-14-4-6-15(7-5-14)21(19,20)17-8-2-3-11-18-12-9-16-10-13-18/h4-7,16-17H,2-3,8-13H2,1H3. The predicted octanol–water partition coefficient (Wildman–Crippen LogP) is 0.959. The fourth-order valence-electron chi connectivity index (χ4n) is 2.40. The van der Waals surface area contributed by atoms with Crippen LogP contribution in [0.1, 0.15) is 18.4 Å². The van der Waals surface area contributed by atoms with E-state index in [-0.39, 0.29) is 0 Å². The van der Waals surface area contributed by atoms with Gasteiger partial charge < -0.3 is 10.2 Å². The van der Waals surface area contributed by atoms with Crippen LogP contribution in [-0.4, -0.2) is 52.6 Å². The van der Waals surface area contributed by atoms with Gasteiger partial charge in [-0.25, -0.2) is 13.1 Å². The van der Waals surface area contributed by atoms with Crippen molar-refractivity contribution >= 4 is 10.0 Å². The molecule has 0 amide bonds. The third-order valence-corrected chi connectivity index (χ3v) is 5.21. The molecule has 1 aromatic rings. The quantitative estimate of drug-likeness (QED) is 0.736. The minimum absolute atomic E-state index is 0.343. The molecule has 0 aliphatic carbocycles. The van der Waals surface area contributed by atoms with Gasteiger partial charge in [-0.1, -0.05) is 17.7 Å². The van der Waals surface area contributed by atoms with Crippen molar-refractivity contribution in [1.29, 1.82) is 0 Å². The highest BCUT2D eigenvalue weighted by Gasteiger charge is 2.13. The van der Waals surface area contributed by atoms with Crippen LogP contribution in [0.3, 0.4) is 0 Å². The molecule has 0 saturated carbocycles. The Bertz CT molecular complexity index is 522. The molecule has 0 spiro atoms. The Morgan fingerprint density at radius 2 is 1.81 bits per heavy atom. The van der Waals surface area contributed by atoms with Crippen LogP contribution >= 0.6 is 0 Å². The summed E-state index contributed by atoms with van der Waals surface area (Å²) in [5.74, 6) is 0. The van der Waals surface area contributed by atoms with Gasteiger partial charge in [0.1, 0.15) is 0 Å². The van der Waals surface area contributed by atoms with Crippen molar-refractivity contribution in [3.63, 3.8) is 0 Å². The van der Waals surface area contributed by atoms with Crippen LogP contribution < -0.4 is 10.0 Å². The van der Waals surface area contributed by atoms with E-state index in [2.05, 4.69) is 14.9 Å². The Hall–Kier alpha value is -0.950. The maximum atomic E-state index is 12.1. The third-order valence-electron chi connectivity index (χ3n) is 3.73. The lowest BCUT2D eigenvalue weighted by Crippen LogP contribution is -2.43. The number of unbranched alkanes of at least 4 members (excludes halogenated alkanes) is 1. The van der Waals surface area contributed by atoms with E-state index >= 15 is 0 Å². The van der Waals surface area contributed by atoms with E-state index in [0.29, 0.717) is 11.4 Å². The zero-order valence-electron chi connectivity index (χ0n) is 12.6. The summed E-state index contributed by atoms with van der Waals surface area (Å²) in [4.78, 5) is 2.76. The molecule has 21 heavy (non-hydrogen) atoms. The molecule has 5 nitrogen and oxygen atoms in total. The van der Waals surface area contributed by atoms with Crippen molar-refractivity contribution in [2.75, 3.05) is 39.3 Å². The fraction of sp³-hybridized carbons (Fsp3) is 0.600. The number of nitrogens with zero attached hydrogens (tertiary/aromatic N) is 1. The second-order valence-corrected chi connectivity index (χ2v) is 7.28. The summed E-state index contributed by atoms with van der Waals surface area (Å²) in [7, 11) is -3.36.